The van der Waals surface area contributed by atoms with Crippen molar-refractivity contribution in [1.29, 1.82) is 0 Å². The van der Waals surface area contributed by atoms with Crippen LogP contribution in [-0.2, 0) is 0 Å². The molecule has 1 aliphatic rings. The van der Waals surface area contributed by atoms with Crippen molar-refractivity contribution >= 4 is 27.5 Å². The molecule has 2 atom stereocenters. The molecule has 1 amide bonds. The van der Waals surface area contributed by atoms with Gasteiger partial charge in [0.05, 0.1) is 0 Å². The van der Waals surface area contributed by atoms with Crippen molar-refractivity contribution in [2.45, 2.75) is 40.0 Å². The van der Waals surface area contributed by atoms with Gasteiger partial charge < -0.3 is 4.98 Å². The van der Waals surface area contributed by atoms with Gasteiger partial charge >= 0.3 is 0 Å². The molecule has 0 spiro atoms. The fourth-order valence-corrected chi connectivity index (χ4v) is 3.11. The van der Waals surface area contributed by atoms with Gasteiger partial charge in [-0.05, 0) is 53.1 Å². The molecule has 1 saturated carbocycles. The highest BCUT2D eigenvalue weighted by Crippen LogP contribution is 2.31. The molecule has 5 heteroatoms. The van der Waals surface area contributed by atoms with Crippen LogP contribution in [0.1, 0.15) is 50.5 Å². The molecule has 1 heterocycles. The number of H-pyrrole nitrogens is 1. The Balaban J connectivity index is 2.05. The van der Waals surface area contributed by atoms with E-state index in [4.69, 9.17) is 0 Å². The van der Waals surface area contributed by atoms with Crippen LogP contribution in [0.3, 0.4) is 0 Å². The zero-order valence-electron chi connectivity index (χ0n) is 12.2. The van der Waals surface area contributed by atoms with Gasteiger partial charge in [0, 0.05) is 22.3 Å². The van der Waals surface area contributed by atoms with Crippen molar-refractivity contribution in [2.24, 2.45) is 22.9 Å². The zero-order chi connectivity index (χ0) is 14.7. The normalized spacial score (nSPS) is 25.1. The minimum atomic E-state index is -0.191. The van der Waals surface area contributed by atoms with Crippen LogP contribution in [0.2, 0.25) is 0 Å². The number of rotatable bonds is 3. The summed E-state index contributed by atoms with van der Waals surface area (Å²) in [6.07, 6.45) is 5.14. The molecular weight excluding hydrogens is 318 g/mol. The Hall–Kier alpha value is -1.10. The second-order valence-electron chi connectivity index (χ2n) is 6.01. The summed E-state index contributed by atoms with van der Waals surface area (Å²) in [6.45, 7) is 6.69. The number of nitrogens with zero attached hydrogens (tertiary/aromatic N) is 1. The van der Waals surface area contributed by atoms with Crippen LogP contribution in [0.5, 0.6) is 0 Å². The molecule has 110 valence electrons. The molecule has 0 unspecified atom stereocenters. The monoisotopic (exact) mass is 339 g/mol. The van der Waals surface area contributed by atoms with Crippen LogP contribution in [0.25, 0.3) is 0 Å². The fraction of sp³-hybridized carbons (Fsp3) is 0.600. The van der Waals surface area contributed by atoms with Crippen LogP contribution < -0.4 is 5.43 Å². The number of aromatic amines is 1. The zero-order valence-corrected chi connectivity index (χ0v) is 13.8. The van der Waals surface area contributed by atoms with Crippen molar-refractivity contribution in [1.82, 2.24) is 10.4 Å². The van der Waals surface area contributed by atoms with Crippen LogP contribution in [0, 0.1) is 17.8 Å². The lowest BCUT2D eigenvalue weighted by Crippen LogP contribution is -2.31. The van der Waals surface area contributed by atoms with E-state index in [2.05, 4.69) is 52.2 Å². The second-order valence-corrected chi connectivity index (χ2v) is 6.93. The van der Waals surface area contributed by atoms with E-state index in [-0.39, 0.29) is 5.91 Å². The molecule has 2 N–H and O–H groups in total. The van der Waals surface area contributed by atoms with Gasteiger partial charge in [0.2, 0.25) is 0 Å². The van der Waals surface area contributed by atoms with Gasteiger partial charge in [0.25, 0.3) is 5.91 Å². The van der Waals surface area contributed by atoms with E-state index in [0.717, 1.165) is 16.6 Å². The highest BCUT2D eigenvalue weighted by atomic mass is 79.9. The molecule has 1 aromatic rings. The van der Waals surface area contributed by atoms with Gasteiger partial charge in [0.15, 0.2) is 0 Å². The van der Waals surface area contributed by atoms with Crippen LogP contribution >= 0.6 is 15.9 Å². The van der Waals surface area contributed by atoms with Crippen molar-refractivity contribution < 1.29 is 4.79 Å². The highest BCUT2D eigenvalue weighted by Gasteiger charge is 2.27. The predicted molar refractivity (Wildman–Crippen MR) is 84.7 cm³/mol. The third kappa shape index (κ3) is 3.72. The van der Waals surface area contributed by atoms with Crippen LogP contribution in [0.4, 0.5) is 0 Å². The topological polar surface area (TPSA) is 57.2 Å². The summed E-state index contributed by atoms with van der Waals surface area (Å²) in [4.78, 5) is 14.9. The number of hydrazone groups is 1. The first-order valence-corrected chi connectivity index (χ1v) is 7.97. The van der Waals surface area contributed by atoms with E-state index in [1.54, 1.807) is 12.3 Å². The molecule has 0 saturated heterocycles. The Morgan fingerprint density at radius 3 is 2.85 bits per heavy atom. The lowest BCUT2D eigenvalue weighted by atomic mass is 9.76. The summed E-state index contributed by atoms with van der Waals surface area (Å²) < 4.78 is 0.863. The van der Waals surface area contributed by atoms with Gasteiger partial charge in [-0.2, -0.15) is 5.10 Å². The van der Waals surface area contributed by atoms with Crippen molar-refractivity contribution in [3.05, 3.63) is 22.4 Å². The number of carbonyl (C=O) groups is 1. The Bertz CT molecular complexity index is 507. The molecular formula is C15H22BrN3O. The van der Waals surface area contributed by atoms with Crippen molar-refractivity contribution in [2.75, 3.05) is 0 Å². The van der Waals surface area contributed by atoms with E-state index in [1.165, 1.54) is 12.8 Å². The average Bonchev–Trinajstić information content (AvgIpc) is 2.82. The molecule has 1 fully saturated rings. The van der Waals surface area contributed by atoms with Gasteiger partial charge in [-0.1, -0.05) is 20.8 Å². The summed E-state index contributed by atoms with van der Waals surface area (Å²) in [7, 11) is 0. The number of nitrogens with one attached hydrogen (secondary N) is 2. The molecule has 0 aliphatic heterocycles. The van der Waals surface area contributed by atoms with Gasteiger partial charge in [-0.25, -0.2) is 5.43 Å². The van der Waals surface area contributed by atoms with Crippen LogP contribution in [-0.4, -0.2) is 16.6 Å². The summed E-state index contributed by atoms with van der Waals surface area (Å²) in [5.41, 5.74) is 4.34. The van der Waals surface area contributed by atoms with Gasteiger partial charge in [0.1, 0.15) is 5.69 Å². The smallest absolute Gasteiger partial charge is 0.287 e. The first-order valence-electron chi connectivity index (χ1n) is 7.18. The maximum Gasteiger partial charge on any atom is 0.287 e. The van der Waals surface area contributed by atoms with Crippen molar-refractivity contribution in [3.8, 4) is 0 Å². The molecule has 1 aliphatic carbocycles. The molecule has 4 nitrogen and oxygen atoms in total. The molecule has 2 rings (SSSR count). The molecule has 0 aromatic carbocycles. The second kappa shape index (κ2) is 6.57. The lowest BCUT2D eigenvalue weighted by Gasteiger charge is -2.30. The van der Waals surface area contributed by atoms with Crippen molar-refractivity contribution in [3.63, 3.8) is 0 Å². The minimum absolute atomic E-state index is 0.191. The number of amides is 1. The van der Waals surface area contributed by atoms with Gasteiger partial charge in [-0.3, -0.25) is 4.79 Å². The quantitative estimate of drug-likeness (QED) is 0.804. The number of halogens is 1. The van der Waals surface area contributed by atoms with Gasteiger partial charge in [-0.15, -0.1) is 0 Å². The summed E-state index contributed by atoms with van der Waals surface area (Å²) in [5, 5.41) is 4.40. The van der Waals surface area contributed by atoms with Crippen LogP contribution in [0.15, 0.2) is 21.8 Å². The molecule has 0 radical (unpaired) electrons. The maximum absolute atomic E-state index is 12.0. The standard InChI is InChI=1S/C15H22BrN3O/c1-9(2)12-5-4-10(3)6-13(12)18-19-15(20)14-7-11(16)8-17-14/h7-10,12,17H,4-6H2,1-3H3,(H,19,20)/t10-,12-/m1/s1. The number of hydrogen-bond donors (Lipinski definition) is 2. The number of carbonyl (C=O) groups excluding carboxylic acids is 1. The average molecular weight is 340 g/mol. The van der Waals surface area contributed by atoms with E-state index in [9.17, 15) is 4.79 Å². The maximum atomic E-state index is 12.0. The van der Waals surface area contributed by atoms with E-state index < -0.39 is 0 Å². The first kappa shape index (κ1) is 15.3. The Morgan fingerprint density at radius 1 is 1.50 bits per heavy atom. The number of aromatic nitrogens is 1. The summed E-state index contributed by atoms with van der Waals surface area (Å²) >= 11 is 3.32. The summed E-state index contributed by atoms with van der Waals surface area (Å²) in [6, 6.07) is 1.75. The Morgan fingerprint density at radius 2 is 2.25 bits per heavy atom. The molecule has 1 aromatic heterocycles. The molecule has 0 bridgehead atoms. The number of hydrogen-bond acceptors (Lipinski definition) is 2. The van der Waals surface area contributed by atoms with E-state index in [0.29, 0.717) is 23.4 Å². The highest BCUT2D eigenvalue weighted by molar-refractivity contribution is 9.10. The lowest BCUT2D eigenvalue weighted by molar-refractivity contribution is 0.0949. The van der Waals surface area contributed by atoms with E-state index in [1.807, 2.05) is 0 Å². The molecule has 20 heavy (non-hydrogen) atoms. The largest absolute Gasteiger partial charge is 0.356 e. The fourth-order valence-electron chi connectivity index (χ4n) is 2.77. The third-order valence-electron chi connectivity index (χ3n) is 3.95. The summed E-state index contributed by atoms with van der Waals surface area (Å²) in [5.74, 6) is 1.52. The predicted octanol–water partition coefficient (Wildman–Crippen LogP) is 3.96. The van der Waals surface area contributed by atoms with E-state index >= 15 is 0 Å². The Labute approximate surface area is 128 Å². The third-order valence-corrected chi connectivity index (χ3v) is 4.41. The SMILES string of the molecule is CC(C)[C@H]1CC[C@@H](C)CC1=NNC(=O)c1cc(Br)c[nH]1. The Kier molecular flexibility index (Phi) is 5.02. The minimum Gasteiger partial charge on any atom is -0.356 e. The first-order chi connectivity index (χ1) is 9.47.